The lowest BCUT2D eigenvalue weighted by molar-refractivity contribution is 0.0372. The lowest BCUT2D eigenvalue weighted by Crippen LogP contribution is -2.51. The van der Waals surface area contributed by atoms with Crippen molar-refractivity contribution < 1.29 is 23.2 Å². The van der Waals surface area contributed by atoms with Gasteiger partial charge >= 0.3 is 7.82 Å². The van der Waals surface area contributed by atoms with Crippen LogP contribution in [0, 0.1) is 0 Å². The Balaban J connectivity index is 1.76. The van der Waals surface area contributed by atoms with Crippen molar-refractivity contribution in [3.63, 3.8) is 0 Å². The van der Waals surface area contributed by atoms with Crippen LogP contribution in [0.4, 0.5) is 0 Å². The second kappa shape index (κ2) is 8.27. The first-order valence-electron chi connectivity index (χ1n) is 8.05. The normalized spacial score (nSPS) is 27.8. The number of phosphoric ester groups is 1. The van der Waals surface area contributed by atoms with Crippen LogP contribution in [0.25, 0.3) is 0 Å². The first kappa shape index (κ1) is 18.4. The SMILES string of the molecule is CCCCCOc1ccc(CCC2(N)COP(=O)(O)OC2)cc1. The van der Waals surface area contributed by atoms with Gasteiger partial charge in [-0.25, -0.2) is 4.57 Å². The Morgan fingerprint density at radius 1 is 1.26 bits per heavy atom. The van der Waals surface area contributed by atoms with Crippen LogP contribution < -0.4 is 10.5 Å². The first-order valence-corrected chi connectivity index (χ1v) is 9.54. The molecule has 0 aliphatic carbocycles. The lowest BCUT2D eigenvalue weighted by Gasteiger charge is -2.34. The highest BCUT2D eigenvalue weighted by Crippen LogP contribution is 2.47. The molecule has 6 nitrogen and oxygen atoms in total. The summed E-state index contributed by atoms with van der Waals surface area (Å²) in [6.07, 6.45) is 4.80. The molecular formula is C16H26NO5P. The summed E-state index contributed by atoms with van der Waals surface area (Å²) in [5.74, 6) is 0.873. The zero-order valence-electron chi connectivity index (χ0n) is 13.6. The number of hydrogen-bond donors (Lipinski definition) is 2. The van der Waals surface area contributed by atoms with Gasteiger partial charge < -0.3 is 15.4 Å². The maximum atomic E-state index is 11.2. The second-order valence-electron chi connectivity index (χ2n) is 6.08. The van der Waals surface area contributed by atoms with Crippen molar-refractivity contribution in [2.24, 2.45) is 5.73 Å². The molecule has 1 aliphatic heterocycles. The van der Waals surface area contributed by atoms with Crippen LogP contribution in [0.5, 0.6) is 5.75 Å². The Bertz CT molecular complexity index is 522. The van der Waals surface area contributed by atoms with Crippen molar-refractivity contribution in [2.75, 3.05) is 19.8 Å². The molecule has 0 atom stereocenters. The number of nitrogens with two attached hydrogens (primary N) is 1. The van der Waals surface area contributed by atoms with E-state index in [0.717, 1.165) is 30.8 Å². The fourth-order valence-electron chi connectivity index (χ4n) is 2.33. The van der Waals surface area contributed by atoms with Crippen LogP contribution in [0.3, 0.4) is 0 Å². The van der Waals surface area contributed by atoms with Gasteiger partial charge in [0, 0.05) is 0 Å². The number of unbranched alkanes of at least 4 members (excludes halogenated alkanes) is 2. The van der Waals surface area contributed by atoms with Crippen LogP contribution >= 0.6 is 7.82 Å². The van der Waals surface area contributed by atoms with E-state index in [1.807, 2.05) is 24.3 Å². The monoisotopic (exact) mass is 343 g/mol. The molecule has 1 heterocycles. The van der Waals surface area contributed by atoms with E-state index in [4.69, 9.17) is 24.4 Å². The second-order valence-corrected chi connectivity index (χ2v) is 7.53. The average Bonchev–Trinajstić information content (AvgIpc) is 2.54. The molecular weight excluding hydrogens is 317 g/mol. The molecule has 1 aliphatic rings. The van der Waals surface area contributed by atoms with Crippen LogP contribution in [0.1, 0.15) is 38.2 Å². The molecule has 1 saturated heterocycles. The third-order valence-electron chi connectivity index (χ3n) is 3.88. The van der Waals surface area contributed by atoms with Gasteiger partial charge in [0.15, 0.2) is 0 Å². The van der Waals surface area contributed by atoms with E-state index in [2.05, 4.69) is 6.92 Å². The molecule has 0 bridgehead atoms. The summed E-state index contributed by atoms with van der Waals surface area (Å²) in [6, 6.07) is 7.94. The van der Waals surface area contributed by atoms with E-state index in [-0.39, 0.29) is 13.2 Å². The zero-order chi connectivity index (χ0) is 16.8. The predicted molar refractivity (Wildman–Crippen MR) is 88.4 cm³/mol. The lowest BCUT2D eigenvalue weighted by atomic mass is 9.94. The summed E-state index contributed by atoms with van der Waals surface area (Å²) in [6.45, 7) is 2.97. The van der Waals surface area contributed by atoms with Gasteiger partial charge in [-0.3, -0.25) is 9.05 Å². The largest absolute Gasteiger partial charge is 0.494 e. The third-order valence-corrected chi connectivity index (χ3v) is 4.79. The Morgan fingerprint density at radius 3 is 2.52 bits per heavy atom. The highest BCUT2D eigenvalue weighted by atomic mass is 31.2. The van der Waals surface area contributed by atoms with Crippen LogP contribution in [-0.2, 0) is 20.0 Å². The standard InChI is InChI=1S/C16H26NO5P/c1-2-3-4-11-20-15-7-5-14(6-8-15)9-10-16(17)12-21-23(18,19)22-13-16/h5-8H,2-4,9-13,17H2,1H3,(H,18,19). The summed E-state index contributed by atoms with van der Waals surface area (Å²) in [7, 11) is -3.88. The molecule has 0 unspecified atom stereocenters. The fraction of sp³-hybridized carbons (Fsp3) is 0.625. The summed E-state index contributed by atoms with van der Waals surface area (Å²) in [5.41, 5.74) is 6.55. The summed E-state index contributed by atoms with van der Waals surface area (Å²) >= 11 is 0. The molecule has 1 aromatic rings. The van der Waals surface area contributed by atoms with Gasteiger partial charge in [0.25, 0.3) is 0 Å². The van der Waals surface area contributed by atoms with Crippen molar-refractivity contribution in [3.05, 3.63) is 29.8 Å². The molecule has 3 N–H and O–H groups in total. The van der Waals surface area contributed by atoms with E-state index in [1.165, 1.54) is 12.8 Å². The topological polar surface area (TPSA) is 91.0 Å². The number of ether oxygens (including phenoxy) is 1. The number of phosphoric acid groups is 1. The molecule has 7 heteroatoms. The van der Waals surface area contributed by atoms with Crippen LogP contribution in [-0.4, -0.2) is 30.3 Å². The zero-order valence-corrected chi connectivity index (χ0v) is 14.5. The quantitative estimate of drug-likeness (QED) is 0.557. The average molecular weight is 343 g/mol. The summed E-state index contributed by atoms with van der Waals surface area (Å²) in [4.78, 5) is 9.17. The number of hydrogen-bond acceptors (Lipinski definition) is 5. The minimum Gasteiger partial charge on any atom is -0.494 e. The molecule has 0 saturated carbocycles. The fourth-order valence-corrected chi connectivity index (χ4v) is 3.25. The Hall–Kier alpha value is -0.910. The van der Waals surface area contributed by atoms with Crippen molar-refractivity contribution in [3.8, 4) is 5.75 Å². The molecule has 1 fully saturated rings. The van der Waals surface area contributed by atoms with Gasteiger partial charge in [0.1, 0.15) is 5.75 Å². The van der Waals surface area contributed by atoms with Gasteiger partial charge in [-0.05, 0) is 37.0 Å². The van der Waals surface area contributed by atoms with Gasteiger partial charge in [0.05, 0.1) is 25.4 Å². The van der Waals surface area contributed by atoms with Crippen molar-refractivity contribution in [1.82, 2.24) is 0 Å². The maximum Gasteiger partial charge on any atom is 0.472 e. The summed E-state index contributed by atoms with van der Waals surface area (Å²) < 4.78 is 26.5. The first-order chi connectivity index (χ1) is 10.9. The van der Waals surface area contributed by atoms with Crippen molar-refractivity contribution in [1.29, 1.82) is 0 Å². The molecule has 1 aromatic carbocycles. The summed E-state index contributed by atoms with van der Waals surface area (Å²) in [5, 5.41) is 0. The van der Waals surface area contributed by atoms with Gasteiger partial charge in [0.2, 0.25) is 0 Å². The Morgan fingerprint density at radius 2 is 1.91 bits per heavy atom. The van der Waals surface area contributed by atoms with Gasteiger partial charge in [-0.2, -0.15) is 0 Å². The van der Waals surface area contributed by atoms with Crippen molar-refractivity contribution in [2.45, 2.75) is 44.6 Å². The molecule has 0 radical (unpaired) electrons. The van der Waals surface area contributed by atoms with E-state index < -0.39 is 13.4 Å². The highest BCUT2D eigenvalue weighted by molar-refractivity contribution is 7.47. The molecule has 0 spiro atoms. The Kier molecular flexibility index (Phi) is 6.62. The molecule has 130 valence electrons. The molecule has 2 rings (SSSR count). The van der Waals surface area contributed by atoms with Crippen LogP contribution in [0.15, 0.2) is 24.3 Å². The van der Waals surface area contributed by atoms with E-state index >= 15 is 0 Å². The molecule has 23 heavy (non-hydrogen) atoms. The van der Waals surface area contributed by atoms with E-state index in [0.29, 0.717) is 6.42 Å². The van der Waals surface area contributed by atoms with E-state index in [9.17, 15) is 4.57 Å². The van der Waals surface area contributed by atoms with Crippen molar-refractivity contribution >= 4 is 7.82 Å². The smallest absolute Gasteiger partial charge is 0.472 e. The van der Waals surface area contributed by atoms with Crippen LogP contribution in [0.2, 0.25) is 0 Å². The van der Waals surface area contributed by atoms with Gasteiger partial charge in [-0.15, -0.1) is 0 Å². The van der Waals surface area contributed by atoms with E-state index in [1.54, 1.807) is 0 Å². The third kappa shape index (κ3) is 6.24. The highest BCUT2D eigenvalue weighted by Gasteiger charge is 2.38. The number of aryl methyl sites for hydroxylation is 1. The van der Waals surface area contributed by atoms with Gasteiger partial charge in [-0.1, -0.05) is 31.9 Å². The Labute approximate surface area is 137 Å². The minimum absolute atomic E-state index is 0.0272. The molecule has 0 aromatic heterocycles. The predicted octanol–water partition coefficient (Wildman–Crippen LogP) is 3.03. The molecule has 0 amide bonds. The number of rotatable bonds is 8. The maximum absolute atomic E-state index is 11.2. The number of benzene rings is 1. The minimum atomic E-state index is -3.88.